The Labute approximate surface area is 253 Å². The van der Waals surface area contributed by atoms with Crippen LogP contribution in [0.15, 0.2) is 96.4 Å². The summed E-state index contributed by atoms with van der Waals surface area (Å²) in [5.41, 5.74) is 1.12. The Morgan fingerprint density at radius 3 is 2.14 bits per heavy atom. The number of hydrogen-bond donors (Lipinski definition) is 3. The molecule has 0 spiro atoms. The number of allylic oxidation sites excluding steroid dienone is 1. The highest BCUT2D eigenvalue weighted by Gasteiger charge is 2.65. The van der Waals surface area contributed by atoms with Gasteiger partial charge in [-0.05, 0) is 36.4 Å². The second-order valence-electron chi connectivity index (χ2n) is 11.4. The summed E-state index contributed by atoms with van der Waals surface area (Å²) in [6, 6.07) is 16.4. The van der Waals surface area contributed by atoms with Crippen LogP contribution in [0.25, 0.3) is 0 Å². The summed E-state index contributed by atoms with van der Waals surface area (Å²) < 4.78 is 28.1. The number of H-pyrrole nitrogens is 2. The number of benzene rings is 2. The van der Waals surface area contributed by atoms with Crippen LogP contribution in [-0.2, 0) is 27.7 Å². The minimum Gasteiger partial charge on any atom is -0.356 e. The van der Waals surface area contributed by atoms with E-state index in [4.69, 9.17) is 5.26 Å². The molecule has 7 rings (SSSR count). The largest absolute Gasteiger partial charge is 0.356 e. The van der Waals surface area contributed by atoms with E-state index in [0.29, 0.717) is 16.9 Å². The number of sulfonamides is 1. The molecule has 3 fully saturated rings. The Hall–Kier alpha value is -5.06. The molecular formula is C31H28N8O4S. The van der Waals surface area contributed by atoms with Crippen molar-refractivity contribution in [3.05, 3.63) is 114 Å². The predicted octanol–water partition coefficient (Wildman–Crippen LogP) is 2.00. The number of nitrogens with one attached hydrogen (secondary N) is 3. The highest BCUT2D eigenvalue weighted by Crippen LogP contribution is 2.53. The second-order valence-corrected chi connectivity index (χ2v) is 13.4. The van der Waals surface area contributed by atoms with Crippen molar-refractivity contribution in [3.63, 3.8) is 0 Å². The van der Waals surface area contributed by atoms with Gasteiger partial charge in [-0.2, -0.15) is 9.57 Å². The minimum absolute atomic E-state index is 0.0808. The van der Waals surface area contributed by atoms with Crippen LogP contribution in [0, 0.1) is 23.2 Å². The highest BCUT2D eigenvalue weighted by atomic mass is 32.2. The van der Waals surface area contributed by atoms with Crippen molar-refractivity contribution in [2.75, 3.05) is 13.1 Å². The Bertz CT molecular complexity index is 1830. The lowest BCUT2D eigenvalue weighted by Gasteiger charge is -2.27. The maximum absolute atomic E-state index is 14.6. The quantitative estimate of drug-likeness (QED) is 0.192. The molecule has 2 saturated heterocycles. The molecule has 1 aliphatic carbocycles. The normalized spacial score (nSPS) is 23.3. The lowest BCUT2D eigenvalue weighted by Crippen LogP contribution is -2.51. The zero-order chi connectivity index (χ0) is 30.5. The van der Waals surface area contributed by atoms with Crippen molar-refractivity contribution in [2.24, 2.45) is 11.8 Å². The zero-order valence-corrected chi connectivity index (χ0v) is 24.2. The van der Waals surface area contributed by atoms with E-state index in [9.17, 15) is 18.0 Å². The van der Waals surface area contributed by atoms with Crippen LogP contribution in [0.2, 0.25) is 0 Å². The van der Waals surface area contributed by atoms with Gasteiger partial charge < -0.3 is 15.3 Å². The number of carbonyl (C=O) groups is 2. The van der Waals surface area contributed by atoms with Crippen molar-refractivity contribution in [1.29, 1.82) is 5.26 Å². The van der Waals surface area contributed by atoms with Crippen LogP contribution in [0.5, 0.6) is 0 Å². The van der Waals surface area contributed by atoms with Crippen molar-refractivity contribution in [3.8, 4) is 6.07 Å². The van der Waals surface area contributed by atoms with Gasteiger partial charge in [-0.15, -0.1) is 0 Å². The van der Waals surface area contributed by atoms with E-state index >= 15 is 0 Å². The summed E-state index contributed by atoms with van der Waals surface area (Å²) >= 11 is 0. The van der Waals surface area contributed by atoms with E-state index in [-0.39, 0.29) is 60.4 Å². The summed E-state index contributed by atoms with van der Waals surface area (Å²) in [5.74, 6) is -0.337. The molecule has 0 radical (unpaired) electrons. The van der Waals surface area contributed by atoms with Crippen molar-refractivity contribution < 1.29 is 18.0 Å². The molecule has 222 valence electrons. The number of ketones is 1. The molecule has 1 saturated carbocycles. The van der Waals surface area contributed by atoms with Gasteiger partial charge in [0.25, 0.3) is 5.91 Å². The molecule has 1 unspecified atom stereocenters. The van der Waals surface area contributed by atoms with Crippen molar-refractivity contribution in [2.45, 2.75) is 29.3 Å². The molecule has 4 heterocycles. The van der Waals surface area contributed by atoms with Gasteiger partial charge in [-0.25, -0.2) is 18.4 Å². The third-order valence-corrected chi connectivity index (χ3v) is 10.6. The maximum atomic E-state index is 14.6. The fourth-order valence-corrected chi connectivity index (χ4v) is 8.05. The Kier molecular flexibility index (Phi) is 6.68. The molecule has 13 heteroatoms. The molecule has 44 heavy (non-hydrogen) atoms. The number of aromatic amines is 2. The molecule has 12 nitrogen and oxygen atoms in total. The first-order valence-electron chi connectivity index (χ1n) is 14.2. The lowest BCUT2D eigenvalue weighted by molar-refractivity contribution is -0.132. The minimum atomic E-state index is -3.67. The van der Waals surface area contributed by atoms with Gasteiger partial charge in [-0.3, -0.25) is 14.5 Å². The van der Waals surface area contributed by atoms with E-state index in [1.807, 2.05) is 6.07 Å². The summed E-state index contributed by atoms with van der Waals surface area (Å²) in [6.45, 7) is 0.558. The Morgan fingerprint density at radius 1 is 0.977 bits per heavy atom. The maximum Gasteiger partial charge on any atom is 0.254 e. The monoisotopic (exact) mass is 608 g/mol. The van der Waals surface area contributed by atoms with Crippen LogP contribution in [0.1, 0.15) is 27.3 Å². The number of imidazole rings is 2. The van der Waals surface area contributed by atoms with Gasteiger partial charge in [-0.1, -0.05) is 18.2 Å². The number of amides is 1. The molecular weight excluding hydrogens is 580 g/mol. The molecule has 2 aliphatic heterocycles. The SMILES string of the molecule is N#Cc1ccc(C(=O)/C=C2\NC(Cc3cnc[nH]3)(Cc3cnc[nH]3)C(=O)N2C2[C@H]3CN(S(=O)(=O)c4ccccc4)C[C@@H]23)cc1. The number of nitriles is 1. The number of fused-ring (bicyclic) bond motifs is 1. The van der Waals surface area contributed by atoms with Crippen LogP contribution < -0.4 is 5.32 Å². The summed E-state index contributed by atoms with van der Waals surface area (Å²) in [7, 11) is -3.67. The van der Waals surface area contributed by atoms with Gasteiger partial charge in [0.15, 0.2) is 5.78 Å². The molecule has 3 aliphatic rings. The van der Waals surface area contributed by atoms with E-state index in [1.165, 1.54) is 10.4 Å². The summed E-state index contributed by atoms with van der Waals surface area (Å²) in [5, 5.41) is 12.6. The molecule has 2 aromatic heterocycles. The number of nitrogens with zero attached hydrogens (tertiary/aromatic N) is 5. The number of carbonyl (C=O) groups excluding carboxylic acids is 2. The van der Waals surface area contributed by atoms with Crippen molar-refractivity contribution in [1.82, 2.24) is 34.5 Å². The third-order valence-electron chi connectivity index (χ3n) is 8.71. The fourth-order valence-electron chi connectivity index (χ4n) is 6.51. The van der Waals surface area contributed by atoms with Crippen LogP contribution >= 0.6 is 0 Å². The van der Waals surface area contributed by atoms with Crippen LogP contribution in [0.3, 0.4) is 0 Å². The number of aromatic nitrogens is 4. The highest BCUT2D eigenvalue weighted by molar-refractivity contribution is 7.89. The van der Waals surface area contributed by atoms with Crippen molar-refractivity contribution >= 4 is 21.7 Å². The van der Waals surface area contributed by atoms with E-state index in [1.54, 1.807) is 84.5 Å². The summed E-state index contributed by atoms with van der Waals surface area (Å²) in [4.78, 5) is 44.4. The first kappa shape index (κ1) is 27.8. The van der Waals surface area contributed by atoms with E-state index < -0.39 is 15.6 Å². The zero-order valence-electron chi connectivity index (χ0n) is 23.4. The van der Waals surface area contributed by atoms with Gasteiger partial charge in [0.2, 0.25) is 10.0 Å². The average Bonchev–Trinajstić information content (AvgIpc) is 3.64. The fraction of sp³-hybridized carbons (Fsp3) is 0.258. The van der Waals surface area contributed by atoms with E-state index in [0.717, 1.165) is 11.4 Å². The third kappa shape index (κ3) is 4.78. The molecule has 0 bridgehead atoms. The second kappa shape index (κ2) is 10.6. The topological polar surface area (TPSA) is 168 Å². The predicted molar refractivity (Wildman–Crippen MR) is 157 cm³/mol. The molecule has 2 aromatic carbocycles. The Morgan fingerprint density at radius 2 is 1.59 bits per heavy atom. The number of hydrogen-bond acceptors (Lipinski definition) is 8. The first-order valence-corrected chi connectivity index (χ1v) is 15.6. The molecule has 3 N–H and O–H groups in total. The lowest BCUT2D eigenvalue weighted by atomic mass is 9.88. The van der Waals surface area contributed by atoms with Gasteiger partial charge in [0.05, 0.1) is 29.2 Å². The standard InChI is InChI=1S/C31H28N8O4S/c32-13-20-6-8-21(9-7-20)27(40)10-28-37-31(11-22-14-33-18-35-22,12-23-15-34-19-36-23)30(41)39(28)29-25-16-38(17-26(25)29)44(42,43)24-4-2-1-3-5-24/h1-10,14-15,18-19,25-26,29,37H,11-12,16-17H2,(H,33,35)(H,34,36)/b28-10+/t25-,26+,29?. The smallest absolute Gasteiger partial charge is 0.254 e. The molecule has 3 atom stereocenters. The van der Waals surface area contributed by atoms with Gasteiger partial charge in [0.1, 0.15) is 11.4 Å². The van der Waals surface area contributed by atoms with Gasteiger partial charge >= 0.3 is 0 Å². The molecule has 1 amide bonds. The number of piperidine rings is 1. The van der Waals surface area contributed by atoms with Crippen LogP contribution in [-0.4, -0.2) is 73.9 Å². The van der Waals surface area contributed by atoms with Crippen LogP contribution in [0.4, 0.5) is 0 Å². The molecule has 4 aromatic rings. The Balaban J connectivity index is 1.22. The number of rotatable bonds is 9. The average molecular weight is 609 g/mol. The first-order chi connectivity index (χ1) is 21.3. The summed E-state index contributed by atoms with van der Waals surface area (Å²) in [6.07, 6.45) is 8.38. The van der Waals surface area contributed by atoms with Gasteiger partial charge in [0, 0.05) is 79.2 Å². The van der Waals surface area contributed by atoms with E-state index in [2.05, 4.69) is 25.3 Å².